The number of benzene rings is 1. The lowest BCUT2D eigenvalue weighted by atomic mass is 10.0. The molecule has 1 N–H and O–H groups in total. The molecule has 0 amide bonds. The molecule has 88 valence electrons. The number of nitrogens with zero attached hydrogens (tertiary/aromatic N) is 1. The predicted octanol–water partition coefficient (Wildman–Crippen LogP) is 3.07. The zero-order valence-electron chi connectivity index (χ0n) is 10.2. The Morgan fingerprint density at radius 2 is 2.29 bits per heavy atom. The van der Waals surface area contributed by atoms with Crippen LogP contribution in [0.2, 0.25) is 0 Å². The van der Waals surface area contributed by atoms with Crippen LogP contribution in [-0.4, -0.2) is 6.04 Å². The van der Waals surface area contributed by atoms with Crippen LogP contribution in [-0.2, 0) is 6.54 Å². The lowest BCUT2D eigenvalue weighted by Crippen LogP contribution is -2.29. The maximum Gasteiger partial charge on any atom is 0.0991 e. The Morgan fingerprint density at radius 3 is 2.94 bits per heavy atom. The minimum Gasteiger partial charge on any atom is -0.310 e. The Balaban J connectivity index is 1.95. The number of rotatable bonds is 3. The summed E-state index contributed by atoms with van der Waals surface area (Å²) >= 11 is 0. The Hall–Kier alpha value is -1.59. The summed E-state index contributed by atoms with van der Waals surface area (Å²) in [7, 11) is 0. The molecule has 1 aliphatic carbocycles. The molecule has 0 radical (unpaired) electrons. The minimum absolute atomic E-state index is 0.607. The first kappa shape index (κ1) is 11.9. The van der Waals surface area contributed by atoms with E-state index in [0.29, 0.717) is 6.04 Å². The standard InChI is InChI=1S/C15H18N2/c1-12-9-13(10-16)7-8-14(12)11-17-15-5-3-2-4-6-15/h2-3,7-9,15,17H,4-6,11H2,1H3. The fourth-order valence-corrected chi connectivity index (χ4v) is 2.20. The zero-order chi connectivity index (χ0) is 12.1. The van der Waals surface area contributed by atoms with E-state index in [4.69, 9.17) is 5.26 Å². The Kier molecular flexibility index (Phi) is 3.95. The number of hydrogen-bond acceptors (Lipinski definition) is 2. The molecule has 2 heteroatoms. The van der Waals surface area contributed by atoms with Gasteiger partial charge in [-0.1, -0.05) is 18.2 Å². The van der Waals surface area contributed by atoms with Crippen molar-refractivity contribution < 1.29 is 0 Å². The summed E-state index contributed by atoms with van der Waals surface area (Å²) in [5.74, 6) is 0. The van der Waals surface area contributed by atoms with Gasteiger partial charge in [0, 0.05) is 12.6 Å². The van der Waals surface area contributed by atoms with Crippen molar-refractivity contribution in [1.82, 2.24) is 5.32 Å². The van der Waals surface area contributed by atoms with Crippen LogP contribution in [0, 0.1) is 18.3 Å². The first-order chi connectivity index (χ1) is 8.29. The first-order valence-corrected chi connectivity index (χ1v) is 6.17. The second-order valence-electron chi connectivity index (χ2n) is 4.62. The van der Waals surface area contributed by atoms with Crippen molar-refractivity contribution in [3.8, 4) is 6.07 Å². The largest absolute Gasteiger partial charge is 0.310 e. The summed E-state index contributed by atoms with van der Waals surface area (Å²) in [6.45, 7) is 2.97. The van der Waals surface area contributed by atoms with Crippen molar-refractivity contribution in [1.29, 1.82) is 5.26 Å². The van der Waals surface area contributed by atoms with Gasteiger partial charge in [0.05, 0.1) is 11.6 Å². The molecule has 17 heavy (non-hydrogen) atoms. The van der Waals surface area contributed by atoms with Crippen molar-refractivity contribution in [3.63, 3.8) is 0 Å². The normalized spacial score (nSPS) is 18.9. The van der Waals surface area contributed by atoms with Crippen molar-refractivity contribution in [3.05, 3.63) is 47.0 Å². The molecular weight excluding hydrogens is 208 g/mol. The van der Waals surface area contributed by atoms with E-state index < -0.39 is 0 Å². The minimum atomic E-state index is 0.607. The molecule has 0 saturated carbocycles. The van der Waals surface area contributed by atoms with Crippen LogP contribution in [0.1, 0.15) is 36.0 Å². The van der Waals surface area contributed by atoms with Crippen molar-refractivity contribution in [2.75, 3.05) is 0 Å². The number of nitriles is 1. The molecule has 0 bridgehead atoms. The highest BCUT2D eigenvalue weighted by Crippen LogP contribution is 2.14. The molecule has 1 aromatic rings. The number of aryl methyl sites for hydroxylation is 1. The molecule has 1 aromatic carbocycles. The smallest absolute Gasteiger partial charge is 0.0991 e. The lowest BCUT2D eigenvalue weighted by Gasteiger charge is -2.20. The Labute approximate surface area is 103 Å². The molecule has 2 rings (SSSR count). The summed E-state index contributed by atoms with van der Waals surface area (Å²) in [6.07, 6.45) is 8.06. The maximum atomic E-state index is 8.81. The molecule has 0 fully saturated rings. The summed E-state index contributed by atoms with van der Waals surface area (Å²) in [5, 5.41) is 12.4. The van der Waals surface area contributed by atoms with Gasteiger partial charge in [0.25, 0.3) is 0 Å². The second-order valence-corrected chi connectivity index (χ2v) is 4.62. The highest BCUT2D eigenvalue weighted by atomic mass is 14.9. The van der Waals surface area contributed by atoms with Crippen LogP contribution in [0.5, 0.6) is 0 Å². The number of nitrogens with one attached hydrogen (secondary N) is 1. The van der Waals surface area contributed by atoms with Gasteiger partial charge in [0.15, 0.2) is 0 Å². The molecule has 1 atom stereocenters. The lowest BCUT2D eigenvalue weighted by molar-refractivity contribution is 0.474. The van der Waals surface area contributed by atoms with Crippen molar-refractivity contribution in [2.45, 2.75) is 38.8 Å². The van der Waals surface area contributed by atoms with Crippen LogP contribution in [0.4, 0.5) is 0 Å². The quantitative estimate of drug-likeness (QED) is 0.804. The average Bonchev–Trinajstić information content (AvgIpc) is 2.38. The highest BCUT2D eigenvalue weighted by molar-refractivity contribution is 5.37. The van der Waals surface area contributed by atoms with Crippen LogP contribution in [0.15, 0.2) is 30.4 Å². The van der Waals surface area contributed by atoms with E-state index in [9.17, 15) is 0 Å². The van der Waals surface area contributed by atoms with Crippen LogP contribution in [0.25, 0.3) is 0 Å². The first-order valence-electron chi connectivity index (χ1n) is 6.17. The molecule has 0 spiro atoms. The molecule has 0 saturated heterocycles. The molecule has 1 aliphatic rings. The van der Waals surface area contributed by atoms with Gasteiger partial charge in [-0.25, -0.2) is 0 Å². The summed E-state index contributed by atoms with van der Waals surface area (Å²) in [4.78, 5) is 0. The topological polar surface area (TPSA) is 35.8 Å². The predicted molar refractivity (Wildman–Crippen MR) is 69.5 cm³/mol. The molecule has 0 heterocycles. The van der Waals surface area contributed by atoms with Crippen molar-refractivity contribution in [2.24, 2.45) is 0 Å². The fourth-order valence-electron chi connectivity index (χ4n) is 2.20. The molecule has 0 aromatic heterocycles. The average molecular weight is 226 g/mol. The van der Waals surface area contributed by atoms with E-state index in [2.05, 4.69) is 36.5 Å². The van der Waals surface area contributed by atoms with E-state index in [1.807, 2.05) is 12.1 Å². The monoisotopic (exact) mass is 226 g/mol. The zero-order valence-corrected chi connectivity index (χ0v) is 10.2. The molecule has 1 unspecified atom stereocenters. The fraction of sp³-hybridized carbons (Fsp3) is 0.400. The Morgan fingerprint density at radius 1 is 1.41 bits per heavy atom. The summed E-state index contributed by atoms with van der Waals surface area (Å²) < 4.78 is 0. The number of allylic oxidation sites excluding steroid dienone is 1. The van der Waals surface area contributed by atoms with Gasteiger partial charge in [0.1, 0.15) is 0 Å². The Bertz CT molecular complexity index is 454. The second kappa shape index (κ2) is 5.65. The third kappa shape index (κ3) is 3.18. The van der Waals surface area contributed by atoms with Gasteiger partial charge in [-0.3, -0.25) is 0 Å². The van der Waals surface area contributed by atoms with Gasteiger partial charge in [-0.05, 0) is 49.4 Å². The van der Waals surface area contributed by atoms with E-state index in [0.717, 1.165) is 18.5 Å². The number of hydrogen-bond donors (Lipinski definition) is 1. The van der Waals surface area contributed by atoms with Gasteiger partial charge in [-0.15, -0.1) is 0 Å². The summed E-state index contributed by atoms with van der Waals surface area (Å²) in [6, 6.07) is 8.68. The van der Waals surface area contributed by atoms with E-state index >= 15 is 0 Å². The van der Waals surface area contributed by atoms with E-state index in [-0.39, 0.29) is 0 Å². The molecule has 2 nitrogen and oxygen atoms in total. The van der Waals surface area contributed by atoms with Gasteiger partial charge in [-0.2, -0.15) is 5.26 Å². The highest BCUT2D eigenvalue weighted by Gasteiger charge is 2.09. The third-order valence-corrected chi connectivity index (χ3v) is 3.32. The maximum absolute atomic E-state index is 8.81. The molecule has 0 aliphatic heterocycles. The SMILES string of the molecule is Cc1cc(C#N)ccc1CNC1CC=CCC1. The van der Waals surface area contributed by atoms with E-state index in [1.54, 1.807) is 0 Å². The molecular formula is C15H18N2. The van der Waals surface area contributed by atoms with Crippen molar-refractivity contribution >= 4 is 0 Å². The van der Waals surface area contributed by atoms with Gasteiger partial charge < -0.3 is 5.32 Å². The van der Waals surface area contributed by atoms with E-state index in [1.165, 1.54) is 24.0 Å². The van der Waals surface area contributed by atoms with Gasteiger partial charge >= 0.3 is 0 Å². The van der Waals surface area contributed by atoms with Crippen LogP contribution < -0.4 is 5.32 Å². The summed E-state index contributed by atoms with van der Waals surface area (Å²) in [5.41, 5.74) is 3.23. The third-order valence-electron chi connectivity index (χ3n) is 3.32. The van der Waals surface area contributed by atoms with Gasteiger partial charge in [0.2, 0.25) is 0 Å². The van der Waals surface area contributed by atoms with Crippen LogP contribution in [0.3, 0.4) is 0 Å². The van der Waals surface area contributed by atoms with Crippen LogP contribution >= 0.6 is 0 Å².